The van der Waals surface area contributed by atoms with Crippen molar-refractivity contribution in [1.82, 2.24) is 19.3 Å². The van der Waals surface area contributed by atoms with Crippen molar-refractivity contribution in [2.45, 2.75) is 0 Å². The van der Waals surface area contributed by atoms with Gasteiger partial charge in [0.2, 0.25) is 0 Å². The average Bonchev–Trinajstić information content (AvgIpc) is 3.16. The predicted octanol–water partition coefficient (Wildman–Crippen LogP) is 2.38. The fraction of sp³-hybridized carbons (Fsp3) is 0.0667. The van der Waals surface area contributed by atoms with E-state index in [-0.39, 0.29) is 5.91 Å². The molecule has 3 aromatic rings. The Hall–Kier alpha value is -3.11. The van der Waals surface area contributed by atoms with Gasteiger partial charge in [0.05, 0.1) is 28.7 Å². The number of nitriles is 1. The minimum Gasteiger partial charge on any atom is -0.340 e. The average molecular weight is 327 g/mol. The van der Waals surface area contributed by atoms with Crippen molar-refractivity contribution in [1.29, 1.82) is 5.26 Å². The standard InChI is InChI=1S/C15H11ClN6O/c1-21-8-12(18-9-21)15(23)19-14-4-5-22(20-14)13-3-2-10(7-17)6-11(13)16/h2-6,8-9H,1H3,(H,19,20,23). The molecule has 1 N–H and O–H groups in total. The number of carbonyl (C=O) groups is 1. The number of halogens is 1. The van der Waals surface area contributed by atoms with E-state index in [1.165, 1.54) is 4.68 Å². The number of benzene rings is 1. The number of aryl methyl sites for hydroxylation is 1. The summed E-state index contributed by atoms with van der Waals surface area (Å²) in [6.45, 7) is 0. The van der Waals surface area contributed by atoms with Crippen molar-refractivity contribution in [2.24, 2.45) is 7.05 Å². The van der Waals surface area contributed by atoms with Gasteiger partial charge in [0, 0.05) is 25.5 Å². The first-order chi connectivity index (χ1) is 11.1. The highest BCUT2D eigenvalue weighted by Gasteiger charge is 2.12. The Labute approximate surface area is 136 Å². The van der Waals surface area contributed by atoms with E-state index in [2.05, 4.69) is 15.4 Å². The number of hydrogen-bond acceptors (Lipinski definition) is 4. The van der Waals surface area contributed by atoms with Crippen molar-refractivity contribution in [3.05, 3.63) is 59.3 Å². The monoisotopic (exact) mass is 326 g/mol. The van der Waals surface area contributed by atoms with Crippen LogP contribution in [0.1, 0.15) is 16.1 Å². The molecule has 0 aliphatic carbocycles. The van der Waals surface area contributed by atoms with Crippen LogP contribution in [0.2, 0.25) is 5.02 Å². The Kier molecular flexibility index (Phi) is 3.83. The summed E-state index contributed by atoms with van der Waals surface area (Å²) in [6, 6.07) is 8.57. The van der Waals surface area contributed by atoms with Gasteiger partial charge in [-0.15, -0.1) is 5.10 Å². The molecule has 0 unspecified atom stereocenters. The Morgan fingerprint density at radius 1 is 1.39 bits per heavy atom. The molecule has 0 atom stereocenters. The van der Waals surface area contributed by atoms with Crippen LogP contribution in [0.3, 0.4) is 0 Å². The molecular formula is C15H11ClN6O. The second kappa shape index (κ2) is 5.94. The molecule has 23 heavy (non-hydrogen) atoms. The van der Waals surface area contributed by atoms with Crippen LogP contribution in [0.15, 0.2) is 43.0 Å². The number of rotatable bonds is 3. The molecule has 2 heterocycles. The summed E-state index contributed by atoms with van der Waals surface area (Å²) in [6.07, 6.45) is 4.83. The van der Waals surface area contributed by atoms with E-state index in [0.29, 0.717) is 27.8 Å². The first-order valence-corrected chi connectivity index (χ1v) is 6.99. The van der Waals surface area contributed by atoms with Gasteiger partial charge in [0.25, 0.3) is 5.91 Å². The molecule has 0 saturated carbocycles. The fourth-order valence-corrected chi connectivity index (χ4v) is 2.26. The van der Waals surface area contributed by atoms with Crippen LogP contribution in [-0.2, 0) is 7.05 Å². The molecule has 1 aromatic carbocycles. The van der Waals surface area contributed by atoms with Crippen LogP contribution < -0.4 is 5.32 Å². The molecule has 3 rings (SSSR count). The summed E-state index contributed by atoms with van der Waals surface area (Å²) in [4.78, 5) is 16.0. The van der Waals surface area contributed by atoms with E-state index in [1.54, 1.807) is 54.6 Å². The molecule has 1 amide bonds. The number of nitrogens with one attached hydrogen (secondary N) is 1. The van der Waals surface area contributed by atoms with Gasteiger partial charge in [0.1, 0.15) is 5.69 Å². The van der Waals surface area contributed by atoms with Crippen LogP contribution in [0.25, 0.3) is 5.69 Å². The maximum absolute atomic E-state index is 12.0. The van der Waals surface area contributed by atoms with E-state index in [9.17, 15) is 4.79 Å². The molecule has 2 aromatic heterocycles. The topological polar surface area (TPSA) is 88.5 Å². The lowest BCUT2D eigenvalue weighted by atomic mass is 10.2. The highest BCUT2D eigenvalue weighted by molar-refractivity contribution is 6.32. The number of amides is 1. The number of hydrogen-bond donors (Lipinski definition) is 1. The second-order valence-electron chi connectivity index (χ2n) is 4.80. The van der Waals surface area contributed by atoms with Crippen molar-refractivity contribution in [3.63, 3.8) is 0 Å². The third-order valence-corrected chi connectivity index (χ3v) is 3.39. The van der Waals surface area contributed by atoms with E-state index < -0.39 is 0 Å². The lowest BCUT2D eigenvalue weighted by Gasteiger charge is -2.04. The lowest BCUT2D eigenvalue weighted by molar-refractivity contribution is 0.102. The van der Waals surface area contributed by atoms with E-state index in [0.717, 1.165) is 0 Å². The van der Waals surface area contributed by atoms with Gasteiger partial charge in [-0.1, -0.05) is 11.6 Å². The predicted molar refractivity (Wildman–Crippen MR) is 84.5 cm³/mol. The summed E-state index contributed by atoms with van der Waals surface area (Å²) in [5.41, 5.74) is 1.39. The number of aromatic nitrogens is 4. The van der Waals surface area contributed by atoms with Gasteiger partial charge < -0.3 is 9.88 Å². The van der Waals surface area contributed by atoms with Gasteiger partial charge in [-0.25, -0.2) is 9.67 Å². The Morgan fingerprint density at radius 2 is 2.22 bits per heavy atom. The number of carbonyl (C=O) groups excluding carboxylic acids is 1. The normalized spacial score (nSPS) is 10.3. The molecule has 8 heteroatoms. The summed E-state index contributed by atoms with van der Waals surface area (Å²) in [5, 5.41) is 16.2. The van der Waals surface area contributed by atoms with Gasteiger partial charge >= 0.3 is 0 Å². The maximum atomic E-state index is 12.0. The largest absolute Gasteiger partial charge is 0.340 e. The van der Waals surface area contributed by atoms with Crippen LogP contribution in [-0.4, -0.2) is 25.2 Å². The van der Waals surface area contributed by atoms with E-state index in [4.69, 9.17) is 16.9 Å². The highest BCUT2D eigenvalue weighted by atomic mass is 35.5. The summed E-state index contributed by atoms with van der Waals surface area (Å²) >= 11 is 6.14. The zero-order chi connectivity index (χ0) is 16.4. The summed E-state index contributed by atoms with van der Waals surface area (Å²) in [7, 11) is 1.78. The van der Waals surface area contributed by atoms with Crippen LogP contribution in [0, 0.1) is 11.3 Å². The molecule has 0 aliphatic heterocycles. The Bertz CT molecular complexity index is 920. The molecule has 0 spiro atoms. The SMILES string of the molecule is Cn1cnc(C(=O)Nc2ccn(-c3ccc(C#N)cc3Cl)n2)c1. The Morgan fingerprint density at radius 3 is 2.87 bits per heavy atom. The highest BCUT2D eigenvalue weighted by Crippen LogP contribution is 2.22. The molecule has 0 fully saturated rings. The van der Waals surface area contributed by atoms with Crippen molar-refractivity contribution in [2.75, 3.05) is 5.32 Å². The minimum atomic E-state index is -0.346. The van der Waals surface area contributed by atoms with Gasteiger partial charge in [0.15, 0.2) is 5.82 Å². The zero-order valence-corrected chi connectivity index (χ0v) is 12.8. The number of anilines is 1. The molecule has 7 nitrogen and oxygen atoms in total. The van der Waals surface area contributed by atoms with Crippen molar-refractivity contribution in [3.8, 4) is 11.8 Å². The minimum absolute atomic E-state index is 0.304. The maximum Gasteiger partial charge on any atom is 0.277 e. The van der Waals surface area contributed by atoms with Crippen LogP contribution in [0.4, 0.5) is 5.82 Å². The third kappa shape index (κ3) is 3.07. The van der Waals surface area contributed by atoms with Crippen LogP contribution in [0.5, 0.6) is 0 Å². The summed E-state index contributed by atoms with van der Waals surface area (Å²) in [5.74, 6) is 0.0304. The summed E-state index contributed by atoms with van der Waals surface area (Å²) < 4.78 is 3.21. The van der Waals surface area contributed by atoms with Crippen molar-refractivity contribution >= 4 is 23.3 Å². The lowest BCUT2D eigenvalue weighted by Crippen LogP contribution is -2.13. The fourth-order valence-electron chi connectivity index (χ4n) is 2.00. The first-order valence-electron chi connectivity index (χ1n) is 6.62. The number of imidazole rings is 1. The smallest absolute Gasteiger partial charge is 0.277 e. The van der Waals surface area contributed by atoms with Crippen molar-refractivity contribution < 1.29 is 4.79 Å². The van der Waals surface area contributed by atoms with Crippen LogP contribution >= 0.6 is 11.6 Å². The molecule has 0 radical (unpaired) electrons. The van der Waals surface area contributed by atoms with Gasteiger partial charge in [-0.2, -0.15) is 5.26 Å². The van der Waals surface area contributed by atoms with Gasteiger partial charge in [-0.05, 0) is 18.2 Å². The first kappa shape index (κ1) is 14.8. The Balaban J connectivity index is 1.81. The zero-order valence-electron chi connectivity index (χ0n) is 12.1. The molecule has 0 saturated heterocycles. The third-order valence-electron chi connectivity index (χ3n) is 3.09. The molecule has 114 valence electrons. The molecular weight excluding hydrogens is 316 g/mol. The quantitative estimate of drug-likeness (QED) is 0.800. The molecule has 0 aliphatic rings. The molecule has 0 bridgehead atoms. The second-order valence-corrected chi connectivity index (χ2v) is 5.21. The number of nitrogens with zero attached hydrogens (tertiary/aromatic N) is 5. The van der Waals surface area contributed by atoms with E-state index in [1.807, 2.05) is 6.07 Å². The van der Waals surface area contributed by atoms with Gasteiger partial charge in [-0.3, -0.25) is 4.79 Å². The van der Waals surface area contributed by atoms with E-state index >= 15 is 0 Å².